The zero-order chi connectivity index (χ0) is 10.5. The Kier molecular flexibility index (Phi) is 2.27. The maximum absolute atomic E-state index is 5.38. The smallest absolute Gasteiger partial charge is 0.102 e. The van der Waals surface area contributed by atoms with Gasteiger partial charge in [-0.25, -0.2) is 9.78 Å². The second kappa shape index (κ2) is 3.69. The van der Waals surface area contributed by atoms with E-state index in [-0.39, 0.29) is 0 Å². The second-order valence-electron chi connectivity index (χ2n) is 6.32. The molecule has 16 heavy (non-hydrogen) atoms. The minimum Gasteiger partial charge on any atom is -0.206 e. The topological polar surface area (TPSA) is 27.7 Å². The Morgan fingerprint density at radius 2 is 1.50 bits per heavy atom. The lowest BCUT2D eigenvalue weighted by molar-refractivity contribution is -0.555. The Hall–Kier alpha value is -0.120. The molecule has 5 fully saturated rings. The summed E-state index contributed by atoms with van der Waals surface area (Å²) in [4.78, 5) is 10.2. The van der Waals surface area contributed by atoms with Crippen molar-refractivity contribution in [1.82, 2.24) is 0 Å². The van der Waals surface area contributed by atoms with Gasteiger partial charge < -0.3 is 0 Å². The number of rotatable bonds is 1. The Morgan fingerprint density at radius 3 is 2.06 bits per heavy atom. The van der Waals surface area contributed by atoms with Crippen LogP contribution in [0, 0.1) is 29.6 Å². The fraction of sp³-hybridized carbons (Fsp3) is 1.00. The average Bonchev–Trinajstić information content (AvgIpc) is 2.29. The van der Waals surface area contributed by atoms with E-state index in [0.29, 0.717) is 12.7 Å². The maximum Gasteiger partial charge on any atom is 0.102 e. The first kappa shape index (κ1) is 9.86. The highest BCUT2D eigenvalue weighted by Gasteiger charge is 2.51. The zero-order valence-electron chi connectivity index (χ0n) is 9.64. The maximum atomic E-state index is 5.38. The lowest BCUT2D eigenvalue weighted by Gasteiger charge is -2.56. The van der Waals surface area contributed by atoms with E-state index in [1.54, 1.807) is 0 Å². The van der Waals surface area contributed by atoms with E-state index in [1.165, 1.54) is 32.1 Å². The van der Waals surface area contributed by atoms with Crippen molar-refractivity contribution < 1.29 is 14.8 Å². The molecule has 4 aliphatic carbocycles. The zero-order valence-corrected chi connectivity index (χ0v) is 9.64. The van der Waals surface area contributed by atoms with Crippen LogP contribution < -0.4 is 0 Å². The van der Waals surface area contributed by atoms with Crippen LogP contribution in [0.1, 0.15) is 38.5 Å². The van der Waals surface area contributed by atoms with Gasteiger partial charge in [0, 0.05) is 6.42 Å². The molecule has 4 bridgehead atoms. The highest BCUT2D eigenvalue weighted by Crippen LogP contribution is 2.58. The van der Waals surface area contributed by atoms with Gasteiger partial charge in [-0.15, -0.1) is 0 Å². The SMILES string of the molecule is C1CC(C2C3CC4CC(C3)CC2C4)OOO1. The van der Waals surface area contributed by atoms with Gasteiger partial charge in [0.25, 0.3) is 0 Å². The van der Waals surface area contributed by atoms with E-state index < -0.39 is 0 Å². The van der Waals surface area contributed by atoms with Crippen LogP contribution in [0.2, 0.25) is 0 Å². The summed E-state index contributed by atoms with van der Waals surface area (Å²) in [5.74, 6) is 4.68. The molecule has 0 amide bonds. The summed E-state index contributed by atoms with van der Waals surface area (Å²) in [5.41, 5.74) is 0. The van der Waals surface area contributed by atoms with E-state index in [4.69, 9.17) is 14.8 Å². The molecule has 1 aliphatic heterocycles. The van der Waals surface area contributed by atoms with Crippen molar-refractivity contribution in [2.45, 2.75) is 44.6 Å². The molecular weight excluding hydrogens is 204 g/mol. The predicted molar refractivity (Wildman–Crippen MR) is 57.1 cm³/mol. The van der Waals surface area contributed by atoms with Gasteiger partial charge in [0.1, 0.15) is 6.10 Å². The fourth-order valence-corrected chi connectivity index (χ4v) is 5.16. The molecule has 0 aromatic heterocycles. The third-order valence-corrected chi connectivity index (χ3v) is 5.43. The van der Waals surface area contributed by atoms with Crippen molar-refractivity contribution in [3.8, 4) is 0 Å². The van der Waals surface area contributed by atoms with Crippen LogP contribution in [0.4, 0.5) is 0 Å². The van der Waals surface area contributed by atoms with E-state index in [0.717, 1.165) is 36.0 Å². The molecule has 0 aromatic rings. The molecule has 0 radical (unpaired) electrons. The first-order chi connectivity index (χ1) is 7.90. The average molecular weight is 224 g/mol. The van der Waals surface area contributed by atoms with Crippen molar-refractivity contribution in [2.75, 3.05) is 6.61 Å². The van der Waals surface area contributed by atoms with Gasteiger partial charge in [0.05, 0.1) is 6.61 Å². The summed E-state index contributed by atoms with van der Waals surface area (Å²) in [6.45, 7) is 0.702. The lowest BCUT2D eigenvalue weighted by Crippen LogP contribution is -2.50. The Morgan fingerprint density at radius 1 is 0.812 bits per heavy atom. The van der Waals surface area contributed by atoms with Crippen LogP contribution >= 0.6 is 0 Å². The van der Waals surface area contributed by atoms with E-state index >= 15 is 0 Å². The quantitative estimate of drug-likeness (QED) is 0.641. The van der Waals surface area contributed by atoms with Gasteiger partial charge in [-0.2, -0.15) is 0 Å². The Labute approximate surface area is 96.3 Å². The molecule has 0 N–H and O–H groups in total. The van der Waals surface area contributed by atoms with Crippen LogP contribution in [0.15, 0.2) is 0 Å². The second-order valence-corrected chi connectivity index (χ2v) is 6.32. The Balaban J connectivity index is 1.55. The summed E-state index contributed by atoms with van der Waals surface area (Å²) in [7, 11) is 0. The largest absolute Gasteiger partial charge is 0.206 e. The van der Waals surface area contributed by atoms with Crippen LogP contribution in [-0.2, 0) is 14.8 Å². The van der Waals surface area contributed by atoms with Crippen molar-refractivity contribution in [3.05, 3.63) is 0 Å². The van der Waals surface area contributed by atoms with Gasteiger partial charge in [-0.1, -0.05) is 5.04 Å². The van der Waals surface area contributed by atoms with Gasteiger partial charge in [0.2, 0.25) is 0 Å². The molecule has 0 aromatic carbocycles. The molecule has 1 atom stereocenters. The minimum absolute atomic E-state index is 0.309. The van der Waals surface area contributed by atoms with Gasteiger partial charge in [-0.3, -0.25) is 0 Å². The first-order valence-electron chi connectivity index (χ1n) is 6.85. The van der Waals surface area contributed by atoms with Crippen molar-refractivity contribution >= 4 is 0 Å². The highest BCUT2D eigenvalue weighted by atomic mass is 17.5. The molecule has 1 heterocycles. The van der Waals surface area contributed by atoms with Crippen molar-refractivity contribution in [2.24, 2.45) is 29.6 Å². The molecule has 3 heteroatoms. The summed E-state index contributed by atoms with van der Waals surface area (Å²) in [5, 5.41) is 4.74. The summed E-state index contributed by atoms with van der Waals surface area (Å²) >= 11 is 0. The van der Waals surface area contributed by atoms with E-state index in [2.05, 4.69) is 0 Å². The van der Waals surface area contributed by atoms with Gasteiger partial charge in [-0.05, 0) is 61.7 Å². The van der Waals surface area contributed by atoms with E-state index in [1.807, 2.05) is 0 Å². The van der Waals surface area contributed by atoms with Crippen molar-refractivity contribution in [1.29, 1.82) is 0 Å². The van der Waals surface area contributed by atoms with Crippen LogP contribution in [0.3, 0.4) is 0 Å². The predicted octanol–water partition coefficient (Wildman–Crippen LogP) is 2.71. The minimum atomic E-state index is 0.309. The molecule has 5 rings (SSSR count). The standard InChI is InChI=1S/C13H20O3/c1-2-14-16-15-12(1)13-10-4-8-3-9(6-10)7-11(13)5-8/h8-13H,1-7H2. The molecule has 90 valence electrons. The Bertz CT molecular complexity index is 242. The molecular formula is C13H20O3. The number of hydrogen-bond acceptors (Lipinski definition) is 3. The normalized spacial score (nSPS) is 55.5. The third kappa shape index (κ3) is 1.45. The number of hydrogen-bond donors (Lipinski definition) is 0. The molecule has 3 nitrogen and oxygen atoms in total. The van der Waals surface area contributed by atoms with E-state index in [9.17, 15) is 0 Å². The summed E-state index contributed by atoms with van der Waals surface area (Å²) in [6, 6.07) is 0. The fourth-order valence-electron chi connectivity index (χ4n) is 5.16. The molecule has 0 spiro atoms. The monoisotopic (exact) mass is 224 g/mol. The lowest BCUT2D eigenvalue weighted by atomic mass is 9.50. The molecule has 5 aliphatic rings. The highest BCUT2D eigenvalue weighted by molar-refractivity contribution is 5.00. The van der Waals surface area contributed by atoms with Crippen LogP contribution in [0.25, 0.3) is 0 Å². The first-order valence-corrected chi connectivity index (χ1v) is 6.85. The van der Waals surface area contributed by atoms with Gasteiger partial charge >= 0.3 is 0 Å². The summed E-state index contributed by atoms with van der Waals surface area (Å²) < 4.78 is 0. The molecule has 1 unspecified atom stereocenters. The van der Waals surface area contributed by atoms with Crippen LogP contribution in [-0.4, -0.2) is 12.7 Å². The van der Waals surface area contributed by atoms with Crippen molar-refractivity contribution in [3.63, 3.8) is 0 Å². The molecule has 4 saturated carbocycles. The van der Waals surface area contributed by atoms with Crippen LogP contribution in [0.5, 0.6) is 0 Å². The van der Waals surface area contributed by atoms with Gasteiger partial charge in [0.15, 0.2) is 0 Å². The molecule has 1 saturated heterocycles. The third-order valence-electron chi connectivity index (χ3n) is 5.43. The summed E-state index contributed by atoms with van der Waals surface area (Å²) in [6.07, 6.45) is 8.68.